The van der Waals surface area contributed by atoms with Gasteiger partial charge in [0.15, 0.2) is 0 Å². The van der Waals surface area contributed by atoms with Gasteiger partial charge >= 0.3 is 5.97 Å². The van der Waals surface area contributed by atoms with E-state index in [-0.39, 0.29) is 0 Å². The molecule has 1 heterocycles. The molecule has 3 atom stereocenters. The first kappa shape index (κ1) is 20.4. The summed E-state index contributed by atoms with van der Waals surface area (Å²) in [4.78, 5) is 39.3. The van der Waals surface area contributed by atoms with Gasteiger partial charge < -0.3 is 15.2 Å². The zero-order valence-corrected chi connectivity index (χ0v) is 17.1. The van der Waals surface area contributed by atoms with Gasteiger partial charge in [0.25, 0.3) is 11.8 Å². The van der Waals surface area contributed by atoms with E-state index in [0.29, 0.717) is 17.0 Å². The average molecular weight is 418 g/mol. The van der Waals surface area contributed by atoms with Crippen molar-refractivity contribution in [3.05, 3.63) is 72.3 Å². The Balaban J connectivity index is 1.67. The molecular weight excluding hydrogens is 396 g/mol. The maximum atomic E-state index is 13.4. The van der Waals surface area contributed by atoms with E-state index in [4.69, 9.17) is 4.74 Å². The van der Waals surface area contributed by atoms with E-state index in [1.54, 1.807) is 43.3 Å². The lowest BCUT2D eigenvalue weighted by Crippen LogP contribution is -2.56. The molecule has 0 aliphatic carbocycles. The second-order valence-electron chi connectivity index (χ2n) is 7.53. The van der Waals surface area contributed by atoms with Crippen molar-refractivity contribution in [2.75, 3.05) is 4.90 Å². The number of nitrogens with one attached hydrogen (secondary N) is 1. The summed E-state index contributed by atoms with van der Waals surface area (Å²) in [5, 5.41) is 14.2. The fraction of sp³-hybridized carbons (Fsp3) is 0.208. The van der Waals surface area contributed by atoms with Crippen molar-refractivity contribution < 1.29 is 24.2 Å². The molecule has 31 heavy (non-hydrogen) atoms. The van der Waals surface area contributed by atoms with Crippen LogP contribution < -0.4 is 15.0 Å². The number of carboxylic acid groups (broad SMARTS) is 1. The minimum atomic E-state index is -1.16. The second-order valence-corrected chi connectivity index (χ2v) is 7.53. The standard InChI is InChI=1S/C24H22N2O5/c1-14(24(29)30)26-19-9-5-6-10-20(19)31-15(2)21(23(26)28)25-22(27)18-12-11-16-7-3-4-8-17(16)13-18/h3-15,21H,1-2H3,(H,25,27)(H,29,30). The van der Waals surface area contributed by atoms with E-state index in [2.05, 4.69) is 5.32 Å². The maximum absolute atomic E-state index is 13.4. The molecule has 4 rings (SSSR count). The molecule has 0 bridgehead atoms. The smallest absolute Gasteiger partial charge is 0.326 e. The summed E-state index contributed by atoms with van der Waals surface area (Å²) in [7, 11) is 0. The first-order valence-corrected chi connectivity index (χ1v) is 9.98. The van der Waals surface area contributed by atoms with Gasteiger partial charge in [0, 0.05) is 5.56 Å². The molecule has 1 aliphatic rings. The Morgan fingerprint density at radius 2 is 1.71 bits per heavy atom. The van der Waals surface area contributed by atoms with Gasteiger partial charge in [-0.3, -0.25) is 14.5 Å². The Kier molecular flexibility index (Phi) is 5.33. The van der Waals surface area contributed by atoms with Gasteiger partial charge in [0.2, 0.25) is 0 Å². The number of anilines is 1. The third-order valence-electron chi connectivity index (χ3n) is 5.45. The molecule has 3 aromatic rings. The molecule has 2 amide bonds. The molecule has 1 aliphatic heterocycles. The molecule has 3 aromatic carbocycles. The van der Waals surface area contributed by atoms with E-state index < -0.39 is 36.0 Å². The molecule has 0 aromatic heterocycles. The highest BCUT2D eigenvalue weighted by Gasteiger charge is 2.41. The van der Waals surface area contributed by atoms with E-state index in [9.17, 15) is 19.5 Å². The van der Waals surface area contributed by atoms with Gasteiger partial charge in [-0.05, 0) is 48.9 Å². The van der Waals surface area contributed by atoms with Crippen LogP contribution in [0.2, 0.25) is 0 Å². The maximum Gasteiger partial charge on any atom is 0.326 e. The number of nitrogens with zero attached hydrogens (tertiary/aromatic N) is 1. The van der Waals surface area contributed by atoms with Crippen LogP contribution in [0.3, 0.4) is 0 Å². The zero-order valence-electron chi connectivity index (χ0n) is 17.1. The van der Waals surface area contributed by atoms with Crippen LogP contribution in [0.5, 0.6) is 5.75 Å². The summed E-state index contributed by atoms with van der Waals surface area (Å²) in [6, 6.07) is 17.5. The van der Waals surface area contributed by atoms with Crippen LogP contribution in [-0.2, 0) is 9.59 Å². The lowest BCUT2D eigenvalue weighted by molar-refractivity contribution is -0.140. The van der Waals surface area contributed by atoms with Gasteiger partial charge in [-0.1, -0.05) is 42.5 Å². The number of hydrogen-bond donors (Lipinski definition) is 2. The minimum absolute atomic E-state index is 0.358. The molecule has 0 spiro atoms. The van der Waals surface area contributed by atoms with Crippen LogP contribution in [0.1, 0.15) is 24.2 Å². The first-order chi connectivity index (χ1) is 14.9. The molecule has 0 fully saturated rings. The molecule has 0 radical (unpaired) electrons. The summed E-state index contributed by atoms with van der Waals surface area (Å²) < 4.78 is 5.94. The Bertz CT molecular complexity index is 1180. The number of benzene rings is 3. The predicted octanol–water partition coefficient (Wildman–Crippen LogP) is 3.23. The molecule has 158 valence electrons. The fourth-order valence-electron chi connectivity index (χ4n) is 3.74. The van der Waals surface area contributed by atoms with Crippen LogP contribution in [0.25, 0.3) is 10.8 Å². The first-order valence-electron chi connectivity index (χ1n) is 9.98. The molecular formula is C24H22N2O5. The second kappa shape index (κ2) is 8.10. The largest absolute Gasteiger partial charge is 0.486 e. The molecule has 0 saturated carbocycles. The van der Waals surface area contributed by atoms with Crippen molar-refractivity contribution >= 4 is 34.2 Å². The molecule has 7 nitrogen and oxygen atoms in total. The highest BCUT2D eigenvalue weighted by atomic mass is 16.5. The number of carbonyl (C=O) groups is 3. The van der Waals surface area contributed by atoms with Gasteiger partial charge in [0.1, 0.15) is 23.9 Å². The summed E-state index contributed by atoms with van der Waals surface area (Å²) in [5.41, 5.74) is 0.759. The number of amides is 2. The Hall–Kier alpha value is -3.87. The number of rotatable bonds is 4. The third-order valence-corrected chi connectivity index (χ3v) is 5.45. The van der Waals surface area contributed by atoms with Crippen LogP contribution >= 0.6 is 0 Å². The Labute approximate surface area is 179 Å². The molecule has 7 heteroatoms. The van der Waals surface area contributed by atoms with Crippen LogP contribution in [0.15, 0.2) is 66.7 Å². The quantitative estimate of drug-likeness (QED) is 0.678. The van der Waals surface area contributed by atoms with E-state index >= 15 is 0 Å². The predicted molar refractivity (Wildman–Crippen MR) is 116 cm³/mol. The third kappa shape index (κ3) is 3.82. The monoisotopic (exact) mass is 418 g/mol. The number of aliphatic carboxylic acids is 1. The van der Waals surface area contributed by atoms with Gasteiger partial charge in [0.05, 0.1) is 5.69 Å². The minimum Gasteiger partial charge on any atom is -0.486 e. The zero-order chi connectivity index (χ0) is 22.1. The van der Waals surface area contributed by atoms with Crippen molar-refractivity contribution in [3.8, 4) is 5.75 Å². The highest BCUT2D eigenvalue weighted by molar-refractivity contribution is 6.07. The molecule has 2 N–H and O–H groups in total. The number of fused-ring (bicyclic) bond motifs is 2. The van der Waals surface area contributed by atoms with Crippen molar-refractivity contribution in [1.82, 2.24) is 5.32 Å². The van der Waals surface area contributed by atoms with Gasteiger partial charge in [-0.15, -0.1) is 0 Å². The number of ether oxygens (including phenoxy) is 1. The summed E-state index contributed by atoms with van der Waals surface area (Å²) >= 11 is 0. The Morgan fingerprint density at radius 3 is 2.45 bits per heavy atom. The lowest BCUT2D eigenvalue weighted by Gasteiger charge is -2.29. The number of carboxylic acids is 1. The Morgan fingerprint density at radius 1 is 1.03 bits per heavy atom. The summed E-state index contributed by atoms with van der Waals surface area (Å²) in [6.45, 7) is 3.10. The van der Waals surface area contributed by atoms with Crippen molar-refractivity contribution in [3.63, 3.8) is 0 Å². The number of carbonyl (C=O) groups excluding carboxylic acids is 2. The van der Waals surface area contributed by atoms with Crippen LogP contribution in [0, 0.1) is 0 Å². The van der Waals surface area contributed by atoms with Crippen molar-refractivity contribution in [2.45, 2.75) is 32.0 Å². The fourth-order valence-corrected chi connectivity index (χ4v) is 3.74. The van der Waals surface area contributed by atoms with Gasteiger partial charge in [-0.25, -0.2) is 4.79 Å². The highest BCUT2D eigenvalue weighted by Crippen LogP contribution is 2.34. The summed E-state index contributed by atoms with van der Waals surface area (Å²) in [6.07, 6.45) is -0.705. The van der Waals surface area contributed by atoms with E-state index in [1.807, 2.05) is 30.3 Å². The lowest BCUT2D eigenvalue weighted by atomic mass is 10.1. The van der Waals surface area contributed by atoms with Gasteiger partial charge in [-0.2, -0.15) is 0 Å². The SMILES string of the molecule is CC1Oc2ccccc2N(C(C)C(=O)O)C(=O)C1NC(=O)c1ccc2ccccc2c1. The topological polar surface area (TPSA) is 95.9 Å². The summed E-state index contributed by atoms with van der Waals surface area (Å²) in [5.74, 6) is -1.74. The van der Waals surface area contributed by atoms with Crippen LogP contribution in [-0.4, -0.2) is 41.1 Å². The van der Waals surface area contributed by atoms with Crippen molar-refractivity contribution in [1.29, 1.82) is 0 Å². The number of hydrogen-bond acceptors (Lipinski definition) is 4. The molecule has 0 saturated heterocycles. The normalized spacial score (nSPS) is 19.2. The average Bonchev–Trinajstić information content (AvgIpc) is 2.87. The van der Waals surface area contributed by atoms with E-state index in [0.717, 1.165) is 10.8 Å². The molecule has 3 unspecified atom stereocenters. The van der Waals surface area contributed by atoms with Crippen LogP contribution in [0.4, 0.5) is 5.69 Å². The van der Waals surface area contributed by atoms with E-state index in [1.165, 1.54) is 11.8 Å². The number of para-hydroxylation sites is 2. The van der Waals surface area contributed by atoms with Crippen molar-refractivity contribution in [2.24, 2.45) is 0 Å².